The van der Waals surface area contributed by atoms with Crippen LogP contribution in [-0.4, -0.2) is 18.6 Å². The minimum Gasteiger partial charge on any atom is -0.494 e. The summed E-state index contributed by atoms with van der Waals surface area (Å²) in [6.45, 7) is 2.84. The average Bonchev–Trinajstić information content (AvgIpc) is 2.09. The summed E-state index contributed by atoms with van der Waals surface area (Å²) in [5, 5.41) is 3.06. The molecule has 0 radical (unpaired) electrons. The van der Waals surface area contributed by atoms with Crippen molar-refractivity contribution in [2.45, 2.75) is 6.92 Å². The van der Waals surface area contributed by atoms with Crippen LogP contribution in [0.4, 0.5) is 11.5 Å². The molecule has 4 heteroatoms. The fourth-order valence-corrected chi connectivity index (χ4v) is 0.902. The molecule has 0 saturated heterocycles. The Labute approximate surface area is 71.7 Å². The van der Waals surface area contributed by atoms with Gasteiger partial charge in [-0.1, -0.05) is 0 Å². The molecule has 4 nitrogen and oxygen atoms in total. The lowest BCUT2D eigenvalue weighted by molar-refractivity contribution is 0.416. The lowest BCUT2D eigenvalue weighted by atomic mass is 10.4. The first-order chi connectivity index (χ1) is 5.77. The van der Waals surface area contributed by atoms with Crippen molar-refractivity contribution in [2.75, 3.05) is 24.7 Å². The highest BCUT2D eigenvalue weighted by atomic mass is 16.5. The van der Waals surface area contributed by atoms with Crippen molar-refractivity contribution >= 4 is 11.5 Å². The maximum atomic E-state index is 5.58. The van der Waals surface area contributed by atoms with Crippen LogP contribution < -0.4 is 15.8 Å². The molecule has 0 aliphatic heterocycles. The molecule has 0 aromatic carbocycles. The van der Waals surface area contributed by atoms with E-state index in [1.807, 2.05) is 6.92 Å². The Balaban J connectivity index is 2.89. The van der Waals surface area contributed by atoms with Gasteiger partial charge in [-0.25, -0.2) is 4.98 Å². The van der Waals surface area contributed by atoms with Crippen LogP contribution in [0, 0.1) is 0 Å². The first-order valence-electron chi connectivity index (χ1n) is 3.81. The lowest BCUT2D eigenvalue weighted by Gasteiger charge is -2.06. The summed E-state index contributed by atoms with van der Waals surface area (Å²) in [5.41, 5.74) is 6.14. The van der Waals surface area contributed by atoms with E-state index in [0.29, 0.717) is 11.4 Å². The largest absolute Gasteiger partial charge is 0.494 e. The molecule has 66 valence electrons. The molecule has 0 bridgehead atoms. The molecule has 0 amide bonds. The molecular weight excluding hydrogens is 154 g/mol. The van der Waals surface area contributed by atoms with Gasteiger partial charge in [0.15, 0.2) is 0 Å². The van der Waals surface area contributed by atoms with Gasteiger partial charge in [-0.05, 0) is 6.92 Å². The Morgan fingerprint density at radius 3 is 3.00 bits per heavy atom. The van der Waals surface area contributed by atoms with E-state index in [2.05, 4.69) is 10.3 Å². The van der Waals surface area contributed by atoms with Gasteiger partial charge < -0.3 is 15.8 Å². The van der Waals surface area contributed by atoms with Crippen LogP contribution in [0.3, 0.4) is 0 Å². The summed E-state index contributed by atoms with van der Waals surface area (Å²) < 4.78 is 5.03. The lowest BCUT2D eigenvalue weighted by Crippen LogP contribution is -2.01. The molecule has 0 unspecified atom stereocenters. The molecule has 0 saturated carbocycles. The maximum absolute atomic E-state index is 5.58. The van der Waals surface area contributed by atoms with Gasteiger partial charge in [0.2, 0.25) is 0 Å². The highest BCUT2D eigenvalue weighted by molar-refractivity contribution is 5.56. The number of nitrogens with two attached hydrogens (primary N) is 1. The van der Waals surface area contributed by atoms with E-state index >= 15 is 0 Å². The first kappa shape index (κ1) is 8.64. The summed E-state index contributed by atoms with van der Waals surface area (Å²) in [6, 6.07) is 1.78. The number of aromatic nitrogens is 1. The minimum atomic E-state index is 0.555. The van der Waals surface area contributed by atoms with Crippen molar-refractivity contribution in [3.8, 4) is 5.75 Å². The number of anilines is 2. The summed E-state index contributed by atoms with van der Waals surface area (Å²) in [4.78, 5) is 4.06. The molecule has 0 atom stereocenters. The van der Waals surface area contributed by atoms with Gasteiger partial charge in [-0.3, -0.25) is 0 Å². The number of methoxy groups -OCH3 is 1. The van der Waals surface area contributed by atoms with Crippen molar-refractivity contribution in [3.63, 3.8) is 0 Å². The number of nitrogens with zero attached hydrogens (tertiary/aromatic N) is 1. The molecule has 0 fully saturated rings. The number of pyridine rings is 1. The Bertz CT molecular complexity index is 262. The van der Waals surface area contributed by atoms with Gasteiger partial charge in [-0.15, -0.1) is 0 Å². The standard InChI is InChI=1S/C8H13N3O/c1-3-10-8-4-7(12-2)6(9)5-11-8/h4-5H,3,9H2,1-2H3,(H,10,11). The van der Waals surface area contributed by atoms with Gasteiger partial charge in [0.25, 0.3) is 0 Å². The number of nitrogen functional groups attached to an aromatic ring is 1. The molecular formula is C8H13N3O. The second kappa shape index (κ2) is 3.80. The minimum absolute atomic E-state index is 0.555. The summed E-state index contributed by atoms with van der Waals surface area (Å²) >= 11 is 0. The fourth-order valence-electron chi connectivity index (χ4n) is 0.902. The molecule has 0 aliphatic rings. The predicted molar refractivity (Wildman–Crippen MR) is 49.4 cm³/mol. The number of hydrogen-bond donors (Lipinski definition) is 2. The summed E-state index contributed by atoms with van der Waals surface area (Å²) in [6.07, 6.45) is 1.58. The van der Waals surface area contributed by atoms with Crippen LogP contribution in [0.5, 0.6) is 5.75 Å². The number of ether oxygens (including phenoxy) is 1. The Hall–Kier alpha value is -1.45. The quantitative estimate of drug-likeness (QED) is 0.707. The third kappa shape index (κ3) is 1.78. The van der Waals surface area contributed by atoms with Gasteiger partial charge in [0.05, 0.1) is 19.0 Å². The molecule has 1 aromatic rings. The van der Waals surface area contributed by atoms with Crippen molar-refractivity contribution in [3.05, 3.63) is 12.3 Å². The second-order valence-corrected chi connectivity index (χ2v) is 2.34. The molecule has 3 N–H and O–H groups in total. The number of hydrogen-bond acceptors (Lipinski definition) is 4. The number of rotatable bonds is 3. The fraction of sp³-hybridized carbons (Fsp3) is 0.375. The highest BCUT2D eigenvalue weighted by Gasteiger charge is 2.00. The van der Waals surface area contributed by atoms with Crippen molar-refractivity contribution < 1.29 is 4.74 Å². The van der Waals surface area contributed by atoms with E-state index in [0.717, 1.165) is 12.4 Å². The molecule has 0 spiro atoms. The van der Waals surface area contributed by atoms with Gasteiger partial charge >= 0.3 is 0 Å². The van der Waals surface area contributed by atoms with E-state index in [9.17, 15) is 0 Å². The van der Waals surface area contributed by atoms with Crippen LogP contribution in [0.15, 0.2) is 12.3 Å². The van der Waals surface area contributed by atoms with E-state index in [4.69, 9.17) is 10.5 Å². The Morgan fingerprint density at radius 1 is 1.67 bits per heavy atom. The van der Waals surface area contributed by atoms with Gasteiger partial charge in [0.1, 0.15) is 11.6 Å². The van der Waals surface area contributed by atoms with Crippen LogP contribution in [0.1, 0.15) is 6.92 Å². The van der Waals surface area contributed by atoms with E-state index < -0.39 is 0 Å². The summed E-state index contributed by atoms with van der Waals surface area (Å²) in [7, 11) is 1.58. The monoisotopic (exact) mass is 167 g/mol. The normalized spacial score (nSPS) is 9.50. The van der Waals surface area contributed by atoms with E-state index in [1.54, 1.807) is 19.4 Å². The van der Waals surface area contributed by atoms with Crippen LogP contribution in [-0.2, 0) is 0 Å². The third-order valence-corrected chi connectivity index (χ3v) is 1.47. The molecule has 1 rings (SSSR count). The first-order valence-corrected chi connectivity index (χ1v) is 3.81. The van der Waals surface area contributed by atoms with E-state index in [-0.39, 0.29) is 0 Å². The highest BCUT2D eigenvalue weighted by Crippen LogP contribution is 2.22. The zero-order valence-electron chi connectivity index (χ0n) is 7.29. The van der Waals surface area contributed by atoms with Crippen molar-refractivity contribution in [1.29, 1.82) is 0 Å². The molecule has 0 aliphatic carbocycles. The Kier molecular flexibility index (Phi) is 2.74. The van der Waals surface area contributed by atoms with Crippen molar-refractivity contribution in [1.82, 2.24) is 4.98 Å². The topological polar surface area (TPSA) is 60.2 Å². The third-order valence-electron chi connectivity index (χ3n) is 1.47. The van der Waals surface area contributed by atoms with Gasteiger partial charge in [-0.2, -0.15) is 0 Å². The van der Waals surface area contributed by atoms with Crippen molar-refractivity contribution in [2.24, 2.45) is 0 Å². The van der Waals surface area contributed by atoms with Crippen LogP contribution in [0.25, 0.3) is 0 Å². The zero-order valence-corrected chi connectivity index (χ0v) is 7.29. The second-order valence-electron chi connectivity index (χ2n) is 2.34. The SMILES string of the molecule is CCNc1cc(OC)c(N)cn1. The zero-order chi connectivity index (χ0) is 8.97. The number of nitrogens with one attached hydrogen (secondary N) is 1. The van der Waals surface area contributed by atoms with E-state index in [1.165, 1.54) is 0 Å². The molecule has 1 aromatic heterocycles. The van der Waals surface area contributed by atoms with Gasteiger partial charge in [0, 0.05) is 12.6 Å². The average molecular weight is 167 g/mol. The van der Waals surface area contributed by atoms with Crippen LogP contribution >= 0.6 is 0 Å². The maximum Gasteiger partial charge on any atom is 0.147 e. The Morgan fingerprint density at radius 2 is 2.42 bits per heavy atom. The summed E-state index contributed by atoms with van der Waals surface area (Å²) in [5.74, 6) is 1.43. The molecule has 1 heterocycles. The molecule has 12 heavy (non-hydrogen) atoms. The van der Waals surface area contributed by atoms with Crippen LogP contribution in [0.2, 0.25) is 0 Å². The smallest absolute Gasteiger partial charge is 0.147 e. The predicted octanol–water partition coefficient (Wildman–Crippen LogP) is 1.10.